The van der Waals surface area contributed by atoms with E-state index in [-0.39, 0.29) is 17.4 Å². The first kappa shape index (κ1) is 14.4. The molecular formula is C11H24N2O2. The van der Waals surface area contributed by atoms with Gasteiger partial charge in [0.25, 0.3) is 0 Å². The van der Waals surface area contributed by atoms with Gasteiger partial charge in [-0.25, -0.2) is 0 Å². The van der Waals surface area contributed by atoms with Crippen LogP contribution < -0.4 is 11.1 Å². The Morgan fingerprint density at radius 3 is 2.33 bits per heavy atom. The van der Waals surface area contributed by atoms with Crippen LogP contribution in [0, 0.1) is 5.41 Å². The Balaban J connectivity index is 3.75. The van der Waals surface area contributed by atoms with Crippen molar-refractivity contribution in [2.45, 2.75) is 46.8 Å². The largest absolute Gasteiger partial charge is 0.377 e. The molecule has 0 saturated carbocycles. The minimum atomic E-state index is -0.475. The summed E-state index contributed by atoms with van der Waals surface area (Å²) in [6.45, 7) is 10.8. The molecule has 0 saturated heterocycles. The van der Waals surface area contributed by atoms with E-state index in [1.807, 2.05) is 34.6 Å². The van der Waals surface area contributed by atoms with Gasteiger partial charge in [0.2, 0.25) is 5.91 Å². The summed E-state index contributed by atoms with van der Waals surface area (Å²) in [7, 11) is 0. The number of nitrogens with two attached hydrogens (primary N) is 1. The summed E-state index contributed by atoms with van der Waals surface area (Å²) in [6.07, 6.45) is 0.193. The minimum Gasteiger partial charge on any atom is -0.377 e. The summed E-state index contributed by atoms with van der Waals surface area (Å²) >= 11 is 0. The molecule has 0 aliphatic carbocycles. The van der Waals surface area contributed by atoms with Crippen molar-refractivity contribution in [1.29, 1.82) is 0 Å². The standard InChI is InChI=1S/C11H24N2O2/c1-8(2)15-7-6-13-10(14)9(12)11(3,4)5/h8-9H,6-7,12H2,1-5H3,(H,13,14)/t9-/m0/s1. The molecule has 90 valence electrons. The second kappa shape index (κ2) is 6.08. The Labute approximate surface area is 92.6 Å². The van der Waals surface area contributed by atoms with Crippen LogP contribution in [-0.2, 0) is 9.53 Å². The number of carbonyl (C=O) groups excluding carboxylic acids is 1. The summed E-state index contributed by atoms with van der Waals surface area (Å²) in [5.41, 5.74) is 5.58. The van der Waals surface area contributed by atoms with Crippen molar-refractivity contribution < 1.29 is 9.53 Å². The highest BCUT2D eigenvalue weighted by atomic mass is 16.5. The molecule has 0 rings (SSSR count). The van der Waals surface area contributed by atoms with E-state index in [1.54, 1.807) is 0 Å². The maximum atomic E-state index is 11.5. The molecule has 0 radical (unpaired) electrons. The highest BCUT2D eigenvalue weighted by molar-refractivity contribution is 5.82. The quantitative estimate of drug-likeness (QED) is 0.671. The SMILES string of the molecule is CC(C)OCCNC(=O)[C@H](N)C(C)(C)C. The van der Waals surface area contributed by atoms with Crippen LogP contribution in [0.25, 0.3) is 0 Å². The molecule has 0 fully saturated rings. The molecule has 4 nitrogen and oxygen atoms in total. The van der Waals surface area contributed by atoms with Gasteiger partial charge in [-0.3, -0.25) is 4.79 Å². The van der Waals surface area contributed by atoms with E-state index in [0.717, 1.165) is 0 Å². The van der Waals surface area contributed by atoms with Crippen LogP contribution in [-0.4, -0.2) is 31.2 Å². The molecule has 4 heteroatoms. The topological polar surface area (TPSA) is 64.3 Å². The number of nitrogens with one attached hydrogen (secondary N) is 1. The predicted molar refractivity (Wildman–Crippen MR) is 61.5 cm³/mol. The molecule has 0 aromatic heterocycles. The van der Waals surface area contributed by atoms with Gasteiger partial charge >= 0.3 is 0 Å². The Bertz CT molecular complexity index is 197. The van der Waals surface area contributed by atoms with E-state index >= 15 is 0 Å². The number of hydrogen-bond acceptors (Lipinski definition) is 3. The highest BCUT2D eigenvalue weighted by Gasteiger charge is 2.26. The lowest BCUT2D eigenvalue weighted by atomic mass is 9.87. The second-order valence-corrected chi connectivity index (χ2v) is 5.05. The number of amides is 1. The van der Waals surface area contributed by atoms with Gasteiger partial charge in [0.15, 0.2) is 0 Å². The van der Waals surface area contributed by atoms with Gasteiger partial charge in [-0.05, 0) is 19.3 Å². The van der Waals surface area contributed by atoms with Crippen molar-refractivity contribution in [2.75, 3.05) is 13.2 Å². The number of rotatable bonds is 5. The average molecular weight is 216 g/mol. The Morgan fingerprint density at radius 2 is 1.93 bits per heavy atom. The molecule has 0 heterocycles. The maximum Gasteiger partial charge on any atom is 0.237 e. The third-order valence-electron chi connectivity index (χ3n) is 2.07. The van der Waals surface area contributed by atoms with Crippen molar-refractivity contribution in [3.8, 4) is 0 Å². The Hall–Kier alpha value is -0.610. The highest BCUT2D eigenvalue weighted by Crippen LogP contribution is 2.16. The fourth-order valence-corrected chi connectivity index (χ4v) is 0.972. The van der Waals surface area contributed by atoms with Crippen LogP contribution >= 0.6 is 0 Å². The van der Waals surface area contributed by atoms with Gasteiger partial charge in [0.05, 0.1) is 18.8 Å². The monoisotopic (exact) mass is 216 g/mol. The van der Waals surface area contributed by atoms with Crippen LogP contribution in [0.1, 0.15) is 34.6 Å². The molecule has 0 bridgehead atoms. The fourth-order valence-electron chi connectivity index (χ4n) is 0.972. The van der Waals surface area contributed by atoms with Crippen molar-refractivity contribution in [1.82, 2.24) is 5.32 Å². The lowest BCUT2D eigenvalue weighted by Gasteiger charge is -2.25. The molecule has 3 N–H and O–H groups in total. The van der Waals surface area contributed by atoms with Gasteiger partial charge in [-0.1, -0.05) is 20.8 Å². The second-order valence-electron chi connectivity index (χ2n) is 5.05. The zero-order valence-corrected chi connectivity index (χ0v) is 10.5. The Kier molecular flexibility index (Phi) is 5.83. The lowest BCUT2D eigenvalue weighted by molar-refractivity contribution is -0.124. The molecule has 0 unspecified atom stereocenters. The predicted octanol–water partition coefficient (Wildman–Crippen LogP) is 0.901. The molecule has 0 aliphatic heterocycles. The van der Waals surface area contributed by atoms with Crippen molar-refractivity contribution in [3.63, 3.8) is 0 Å². The van der Waals surface area contributed by atoms with E-state index < -0.39 is 6.04 Å². The molecule has 0 aromatic carbocycles. The summed E-state index contributed by atoms with van der Waals surface area (Å²) in [4.78, 5) is 11.5. The third kappa shape index (κ3) is 6.47. The number of ether oxygens (including phenoxy) is 1. The van der Waals surface area contributed by atoms with Gasteiger partial charge in [0.1, 0.15) is 0 Å². The lowest BCUT2D eigenvalue weighted by Crippen LogP contribution is -2.49. The van der Waals surface area contributed by atoms with Crippen molar-refractivity contribution >= 4 is 5.91 Å². The third-order valence-corrected chi connectivity index (χ3v) is 2.07. The maximum absolute atomic E-state index is 11.5. The number of hydrogen-bond donors (Lipinski definition) is 2. The van der Waals surface area contributed by atoms with Gasteiger partial charge in [-0.15, -0.1) is 0 Å². The van der Waals surface area contributed by atoms with Crippen LogP contribution in [0.15, 0.2) is 0 Å². The minimum absolute atomic E-state index is 0.116. The normalized spacial score (nSPS) is 14.1. The molecule has 15 heavy (non-hydrogen) atoms. The van der Waals surface area contributed by atoms with E-state index in [4.69, 9.17) is 10.5 Å². The van der Waals surface area contributed by atoms with Crippen molar-refractivity contribution in [3.05, 3.63) is 0 Å². The molecule has 1 atom stereocenters. The first-order valence-electron chi connectivity index (χ1n) is 5.40. The first-order valence-corrected chi connectivity index (χ1v) is 5.40. The summed E-state index contributed by atoms with van der Waals surface area (Å²) in [5, 5.41) is 2.76. The average Bonchev–Trinajstić information content (AvgIpc) is 2.09. The van der Waals surface area contributed by atoms with Crippen LogP contribution in [0.4, 0.5) is 0 Å². The molecule has 0 spiro atoms. The van der Waals surface area contributed by atoms with Crippen LogP contribution in [0.5, 0.6) is 0 Å². The van der Waals surface area contributed by atoms with Gasteiger partial charge in [0, 0.05) is 6.54 Å². The smallest absolute Gasteiger partial charge is 0.237 e. The fraction of sp³-hybridized carbons (Fsp3) is 0.909. The zero-order chi connectivity index (χ0) is 12.1. The van der Waals surface area contributed by atoms with Gasteiger partial charge in [-0.2, -0.15) is 0 Å². The van der Waals surface area contributed by atoms with E-state index in [1.165, 1.54) is 0 Å². The zero-order valence-electron chi connectivity index (χ0n) is 10.5. The van der Waals surface area contributed by atoms with Crippen molar-refractivity contribution in [2.24, 2.45) is 11.1 Å². The van der Waals surface area contributed by atoms with E-state index in [9.17, 15) is 4.79 Å². The van der Waals surface area contributed by atoms with E-state index in [2.05, 4.69) is 5.32 Å². The van der Waals surface area contributed by atoms with Crippen LogP contribution in [0.3, 0.4) is 0 Å². The summed E-state index contributed by atoms with van der Waals surface area (Å²) in [5.74, 6) is -0.116. The molecule has 1 amide bonds. The summed E-state index contributed by atoms with van der Waals surface area (Å²) < 4.78 is 5.30. The molecule has 0 aliphatic rings. The Morgan fingerprint density at radius 1 is 1.40 bits per heavy atom. The first-order chi connectivity index (χ1) is 6.75. The number of carbonyl (C=O) groups is 1. The van der Waals surface area contributed by atoms with E-state index in [0.29, 0.717) is 13.2 Å². The molecular weight excluding hydrogens is 192 g/mol. The summed E-state index contributed by atoms with van der Waals surface area (Å²) in [6, 6.07) is -0.475. The molecule has 0 aromatic rings. The van der Waals surface area contributed by atoms with Gasteiger partial charge < -0.3 is 15.8 Å². The van der Waals surface area contributed by atoms with Crippen LogP contribution in [0.2, 0.25) is 0 Å².